The second kappa shape index (κ2) is 15.3. The van der Waals surface area contributed by atoms with Gasteiger partial charge in [0.05, 0.1) is 0 Å². The van der Waals surface area contributed by atoms with Gasteiger partial charge in [-0.3, -0.25) is 0 Å². The van der Waals surface area contributed by atoms with Gasteiger partial charge in [-0.05, 0) is 30.5 Å². The molecule has 3 aromatic rings. The van der Waals surface area contributed by atoms with Crippen LogP contribution in [0.3, 0.4) is 0 Å². The molecule has 3 rings (SSSR count). The quantitative estimate of drug-likeness (QED) is 0.380. The van der Waals surface area contributed by atoms with Crippen LogP contribution in [-0.2, 0) is 0 Å². The summed E-state index contributed by atoms with van der Waals surface area (Å²) in [6, 6.07) is 30.5. The van der Waals surface area contributed by atoms with Crippen LogP contribution in [0.1, 0.15) is 30.5 Å². The minimum absolute atomic E-state index is 1.17. The molecule has 152 valence electrons. The van der Waals surface area contributed by atoms with E-state index in [2.05, 4.69) is 56.2 Å². The average molecular weight is 393 g/mol. The van der Waals surface area contributed by atoms with Crippen LogP contribution in [0.5, 0.6) is 0 Å². The van der Waals surface area contributed by atoms with Crippen molar-refractivity contribution in [2.75, 3.05) is 0 Å². The molecule has 0 aromatic heterocycles. The summed E-state index contributed by atoms with van der Waals surface area (Å²) in [5, 5.41) is 0. The molecule has 0 saturated heterocycles. The van der Waals surface area contributed by atoms with E-state index in [4.69, 9.17) is 0 Å². The zero-order valence-electron chi connectivity index (χ0n) is 18.2. The Labute approximate surface area is 182 Å². The Hall–Kier alpha value is -3.64. The van der Waals surface area contributed by atoms with Gasteiger partial charge in [-0.15, -0.1) is 0 Å². The Morgan fingerprint density at radius 3 is 1.03 bits per heavy atom. The molecule has 0 saturated carbocycles. The van der Waals surface area contributed by atoms with E-state index in [-0.39, 0.29) is 0 Å². The molecule has 0 amide bonds. The van der Waals surface area contributed by atoms with Crippen LogP contribution in [0.4, 0.5) is 0 Å². The van der Waals surface area contributed by atoms with Crippen molar-refractivity contribution in [3.63, 3.8) is 0 Å². The second-order valence-corrected chi connectivity index (χ2v) is 6.62. The summed E-state index contributed by atoms with van der Waals surface area (Å²) in [5.74, 6) is 0. The largest absolute Gasteiger partial charge is 0.0988 e. The Morgan fingerprint density at radius 1 is 0.500 bits per heavy atom. The van der Waals surface area contributed by atoms with E-state index in [0.717, 1.165) is 0 Å². The van der Waals surface area contributed by atoms with Gasteiger partial charge in [-0.2, -0.15) is 0 Å². The van der Waals surface area contributed by atoms with Crippen molar-refractivity contribution >= 4 is 18.2 Å². The van der Waals surface area contributed by atoms with Crippen LogP contribution in [-0.4, -0.2) is 0 Å². The standard InChI is InChI=1S/2C11H12.C8H8/c2*1-3-10(2)9-11-7-5-4-6-8-11;1-2-8-6-4-3-5-7-8/h2*3-9H,1H2,2H3;2-7H,1H2. The van der Waals surface area contributed by atoms with Gasteiger partial charge in [0.25, 0.3) is 0 Å². The number of rotatable bonds is 5. The van der Waals surface area contributed by atoms with Gasteiger partial charge in [-0.25, -0.2) is 0 Å². The predicted octanol–water partition coefficient (Wildman–Crippen LogP) is 8.88. The first kappa shape index (κ1) is 24.4. The number of benzene rings is 3. The lowest BCUT2D eigenvalue weighted by atomic mass is 10.1. The van der Waals surface area contributed by atoms with E-state index in [1.54, 1.807) is 0 Å². The molecule has 30 heavy (non-hydrogen) atoms. The molecule has 0 fully saturated rings. The monoisotopic (exact) mass is 392 g/mol. The molecule has 0 radical (unpaired) electrons. The molecule has 0 atom stereocenters. The van der Waals surface area contributed by atoms with Crippen LogP contribution in [0.15, 0.2) is 134 Å². The lowest BCUT2D eigenvalue weighted by Gasteiger charge is -1.92. The molecule has 0 aliphatic carbocycles. The number of allylic oxidation sites excluding steroid dienone is 4. The van der Waals surface area contributed by atoms with Crippen LogP contribution in [0, 0.1) is 0 Å². The number of hydrogen-bond donors (Lipinski definition) is 0. The fourth-order valence-corrected chi connectivity index (χ4v) is 2.33. The molecule has 0 spiro atoms. The summed E-state index contributed by atoms with van der Waals surface area (Å²) in [5.41, 5.74) is 6.01. The van der Waals surface area contributed by atoms with Crippen LogP contribution >= 0.6 is 0 Å². The molecule has 0 aliphatic heterocycles. The van der Waals surface area contributed by atoms with Gasteiger partial charge < -0.3 is 0 Å². The molecule has 0 unspecified atom stereocenters. The summed E-state index contributed by atoms with van der Waals surface area (Å²) in [6.07, 6.45) is 9.75. The molecule has 3 aromatic carbocycles. The molecule has 0 bridgehead atoms. The Morgan fingerprint density at radius 2 is 0.800 bits per heavy atom. The second-order valence-electron chi connectivity index (χ2n) is 6.62. The van der Waals surface area contributed by atoms with Crippen LogP contribution in [0.25, 0.3) is 18.2 Å². The molecule has 0 heterocycles. The maximum absolute atomic E-state index is 3.69. The smallest absolute Gasteiger partial charge is 0.0254 e. The highest BCUT2D eigenvalue weighted by Gasteiger charge is 1.84. The highest BCUT2D eigenvalue weighted by Crippen LogP contribution is 2.06. The van der Waals surface area contributed by atoms with E-state index in [1.165, 1.54) is 27.8 Å². The van der Waals surface area contributed by atoms with E-state index in [1.807, 2.05) is 98.8 Å². The minimum Gasteiger partial charge on any atom is -0.0988 e. The summed E-state index contributed by atoms with van der Waals surface area (Å²) in [4.78, 5) is 0. The Balaban J connectivity index is 0.000000228. The summed E-state index contributed by atoms with van der Waals surface area (Å²) < 4.78 is 0. The molecule has 0 heteroatoms. The van der Waals surface area contributed by atoms with Crippen molar-refractivity contribution in [1.82, 2.24) is 0 Å². The third-order valence-corrected chi connectivity index (χ3v) is 4.07. The third-order valence-electron chi connectivity index (χ3n) is 4.07. The Bertz CT molecular complexity index is 868. The zero-order valence-corrected chi connectivity index (χ0v) is 18.2. The van der Waals surface area contributed by atoms with Crippen LogP contribution in [0.2, 0.25) is 0 Å². The van der Waals surface area contributed by atoms with Gasteiger partial charge in [-0.1, -0.05) is 152 Å². The highest BCUT2D eigenvalue weighted by atomic mass is 13.9. The van der Waals surface area contributed by atoms with E-state index < -0.39 is 0 Å². The van der Waals surface area contributed by atoms with Gasteiger partial charge >= 0.3 is 0 Å². The topological polar surface area (TPSA) is 0 Å². The van der Waals surface area contributed by atoms with Gasteiger partial charge in [0.1, 0.15) is 0 Å². The van der Waals surface area contributed by atoms with E-state index >= 15 is 0 Å². The van der Waals surface area contributed by atoms with Crippen molar-refractivity contribution in [2.24, 2.45) is 0 Å². The Kier molecular flexibility index (Phi) is 12.4. The normalized spacial score (nSPS) is 10.5. The maximum Gasteiger partial charge on any atom is -0.0254 e. The predicted molar refractivity (Wildman–Crippen MR) is 137 cm³/mol. The van der Waals surface area contributed by atoms with Crippen molar-refractivity contribution in [3.05, 3.63) is 151 Å². The number of hydrogen-bond acceptors (Lipinski definition) is 0. The highest BCUT2D eigenvalue weighted by molar-refractivity contribution is 5.55. The molecule has 0 aliphatic rings. The fraction of sp³-hybridized carbons (Fsp3) is 0.0667. The molecule has 0 N–H and O–H groups in total. The van der Waals surface area contributed by atoms with Gasteiger partial charge in [0, 0.05) is 0 Å². The summed E-state index contributed by atoms with van der Waals surface area (Å²) in [6.45, 7) is 15.1. The van der Waals surface area contributed by atoms with Gasteiger partial charge in [0.15, 0.2) is 0 Å². The minimum atomic E-state index is 1.17. The first-order chi connectivity index (χ1) is 14.6. The third kappa shape index (κ3) is 11.3. The van der Waals surface area contributed by atoms with E-state index in [0.29, 0.717) is 0 Å². The summed E-state index contributed by atoms with van der Waals surface area (Å²) >= 11 is 0. The fourth-order valence-electron chi connectivity index (χ4n) is 2.33. The average Bonchev–Trinajstić information content (AvgIpc) is 2.81. The first-order valence-corrected chi connectivity index (χ1v) is 9.98. The lowest BCUT2D eigenvalue weighted by Crippen LogP contribution is -1.70. The molecular formula is C30H32. The zero-order chi connectivity index (χ0) is 22.0. The SMILES string of the molecule is C=CC(C)=Cc1ccccc1.C=CC(C)=Cc1ccccc1.C=Cc1ccccc1. The lowest BCUT2D eigenvalue weighted by molar-refractivity contribution is 1.55. The maximum atomic E-state index is 3.69. The van der Waals surface area contributed by atoms with Crippen LogP contribution < -0.4 is 0 Å². The van der Waals surface area contributed by atoms with Crippen molar-refractivity contribution in [3.8, 4) is 0 Å². The van der Waals surface area contributed by atoms with Crippen molar-refractivity contribution < 1.29 is 0 Å². The first-order valence-electron chi connectivity index (χ1n) is 9.98. The van der Waals surface area contributed by atoms with Crippen molar-refractivity contribution in [1.29, 1.82) is 0 Å². The van der Waals surface area contributed by atoms with Crippen molar-refractivity contribution in [2.45, 2.75) is 13.8 Å². The van der Waals surface area contributed by atoms with E-state index in [9.17, 15) is 0 Å². The molecular weight excluding hydrogens is 360 g/mol. The summed E-state index contributed by atoms with van der Waals surface area (Å²) in [7, 11) is 0. The molecule has 0 nitrogen and oxygen atoms in total. The van der Waals surface area contributed by atoms with Gasteiger partial charge in [0.2, 0.25) is 0 Å².